The van der Waals surface area contributed by atoms with E-state index in [4.69, 9.17) is 28.8 Å². The van der Waals surface area contributed by atoms with Crippen molar-refractivity contribution in [3.05, 3.63) is 0 Å². The molecule has 11 nitrogen and oxygen atoms in total. The number of nitrogens with one attached hydrogen (secondary N) is 2. The number of rotatable bonds is 21. The van der Waals surface area contributed by atoms with Crippen LogP contribution in [0.15, 0.2) is 0 Å². The third-order valence-electron chi connectivity index (χ3n) is 3.89. The molecule has 0 fully saturated rings. The number of carbonyl (C=O) groups is 3. The predicted octanol–water partition coefficient (Wildman–Crippen LogP) is 1.73. The van der Waals surface area contributed by atoms with Gasteiger partial charge in [-0.3, -0.25) is 9.59 Å². The molecule has 0 radical (unpaired) electrons. The highest BCUT2D eigenvalue weighted by molar-refractivity contribution is 5.75. The van der Waals surface area contributed by atoms with E-state index in [1.807, 2.05) is 20.8 Å². The molecule has 0 aliphatic heterocycles. The summed E-state index contributed by atoms with van der Waals surface area (Å²) in [6, 6.07) is 0. The molecule has 0 aliphatic rings. The zero-order valence-corrected chi connectivity index (χ0v) is 20.3. The van der Waals surface area contributed by atoms with Crippen LogP contribution in [0.3, 0.4) is 0 Å². The number of hydrogen-bond acceptors (Lipinski definition) is 8. The molecule has 3 N–H and O–H groups in total. The van der Waals surface area contributed by atoms with E-state index in [0.29, 0.717) is 65.8 Å². The van der Waals surface area contributed by atoms with Crippen LogP contribution in [0.5, 0.6) is 0 Å². The van der Waals surface area contributed by atoms with Crippen molar-refractivity contribution in [3.8, 4) is 0 Å². The first-order valence-corrected chi connectivity index (χ1v) is 11.5. The summed E-state index contributed by atoms with van der Waals surface area (Å²) in [6.45, 7) is 9.49. The van der Waals surface area contributed by atoms with Crippen molar-refractivity contribution in [3.63, 3.8) is 0 Å². The van der Waals surface area contributed by atoms with Crippen molar-refractivity contribution < 1.29 is 43.2 Å². The molecule has 0 spiro atoms. The minimum absolute atomic E-state index is 0.0105. The third-order valence-corrected chi connectivity index (χ3v) is 3.89. The number of carboxylic acid groups (broad SMARTS) is 1. The van der Waals surface area contributed by atoms with Gasteiger partial charge in [0.25, 0.3) is 0 Å². The van der Waals surface area contributed by atoms with Crippen molar-refractivity contribution in [1.29, 1.82) is 0 Å². The largest absolute Gasteiger partial charge is 0.481 e. The van der Waals surface area contributed by atoms with E-state index in [-0.39, 0.29) is 18.9 Å². The standard InChI is InChI=1S/C22H42N2O9/c1-22(2,3)33-21(28)24-9-6-4-5-7-19(25)23-10-12-30-14-16-32-18-17-31-15-13-29-11-8-20(26)27/h4-18H2,1-3H3,(H,23,25)(H,24,28)(H,26,27). The highest BCUT2D eigenvalue weighted by Crippen LogP contribution is 2.06. The lowest BCUT2D eigenvalue weighted by Crippen LogP contribution is -2.33. The Balaban J connectivity index is 3.27. The first-order valence-electron chi connectivity index (χ1n) is 11.5. The summed E-state index contributed by atoms with van der Waals surface area (Å²) in [5.41, 5.74) is -0.503. The second-order valence-electron chi connectivity index (χ2n) is 8.18. The lowest BCUT2D eigenvalue weighted by Gasteiger charge is -2.19. The lowest BCUT2D eigenvalue weighted by molar-refractivity contribution is -0.138. The van der Waals surface area contributed by atoms with E-state index in [0.717, 1.165) is 19.3 Å². The van der Waals surface area contributed by atoms with Crippen molar-refractivity contribution in [2.45, 2.75) is 58.5 Å². The first kappa shape index (κ1) is 31.0. The van der Waals surface area contributed by atoms with Crippen LogP contribution in [0.2, 0.25) is 0 Å². The molecule has 194 valence electrons. The molecule has 0 aromatic carbocycles. The van der Waals surface area contributed by atoms with E-state index in [2.05, 4.69) is 10.6 Å². The zero-order chi connectivity index (χ0) is 24.8. The summed E-state index contributed by atoms with van der Waals surface area (Å²) in [5, 5.41) is 14.0. The summed E-state index contributed by atoms with van der Waals surface area (Å²) >= 11 is 0. The Morgan fingerprint density at radius 1 is 0.667 bits per heavy atom. The van der Waals surface area contributed by atoms with E-state index < -0.39 is 17.7 Å². The summed E-state index contributed by atoms with van der Waals surface area (Å²) in [5.74, 6) is -0.897. The Hall–Kier alpha value is -1.95. The van der Waals surface area contributed by atoms with Crippen molar-refractivity contribution in [2.75, 3.05) is 65.9 Å². The van der Waals surface area contributed by atoms with Gasteiger partial charge in [-0.05, 0) is 33.6 Å². The number of alkyl carbamates (subject to hydrolysis) is 1. The maximum Gasteiger partial charge on any atom is 0.407 e. The normalized spacial score (nSPS) is 11.2. The first-order chi connectivity index (χ1) is 15.7. The van der Waals surface area contributed by atoms with E-state index in [9.17, 15) is 14.4 Å². The van der Waals surface area contributed by atoms with Crippen LogP contribution in [0.1, 0.15) is 52.9 Å². The van der Waals surface area contributed by atoms with Crippen molar-refractivity contribution >= 4 is 18.0 Å². The Kier molecular flexibility index (Phi) is 19.4. The molecule has 0 aliphatic carbocycles. The SMILES string of the molecule is CC(C)(C)OC(=O)NCCCCCC(=O)NCCOCCOCCOCCOCCC(=O)O. The quantitative estimate of drug-likeness (QED) is 0.210. The number of carboxylic acids is 1. The third kappa shape index (κ3) is 26.2. The minimum atomic E-state index is -0.882. The van der Waals surface area contributed by atoms with Gasteiger partial charge in [-0.15, -0.1) is 0 Å². The van der Waals surface area contributed by atoms with Gasteiger partial charge < -0.3 is 39.4 Å². The fourth-order valence-electron chi connectivity index (χ4n) is 2.36. The van der Waals surface area contributed by atoms with Gasteiger partial charge in [-0.2, -0.15) is 0 Å². The lowest BCUT2D eigenvalue weighted by atomic mass is 10.2. The van der Waals surface area contributed by atoms with Crippen LogP contribution in [0, 0.1) is 0 Å². The summed E-state index contributed by atoms with van der Waals surface area (Å²) in [7, 11) is 0. The van der Waals surface area contributed by atoms with Crippen LogP contribution in [0.4, 0.5) is 4.79 Å². The number of ether oxygens (including phenoxy) is 5. The minimum Gasteiger partial charge on any atom is -0.481 e. The predicted molar refractivity (Wildman–Crippen MR) is 121 cm³/mol. The number of carbonyl (C=O) groups excluding carboxylic acids is 2. The van der Waals surface area contributed by atoms with E-state index in [1.165, 1.54) is 0 Å². The molecule has 2 amide bonds. The Morgan fingerprint density at radius 2 is 1.21 bits per heavy atom. The molecule has 0 atom stereocenters. The molecule has 0 bridgehead atoms. The molecule has 0 saturated heterocycles. The molecule has 0 aromatic rings. The fourth-order valence-corrected chi connectivity index (χ4v) is 2.36. The molecule has 11 heteroatoms. The maximum atomic E-state index is 11.8. The monoisotopic (exact) mass is 478 g/mol. The van der Waals surface area contributed by atoms with Gasteiger partial charge in [0.2, 0.25) is 5.91 Å². The van der Waals surface area contributed by atoms with Crippen LogP contribution in [0.25, 0.3) is 0 Å². The summed E-state index contributed by atoms with van der Waals surface area (Å²) < 4.78 is 26.3. The van der Waals surface area contributed by atoms with Gasteiger partial charge in [0.1, 0.15) is 5.60 Å². The molecule has 0 unspecified atom stereocenters. The molecule has 0 heterocycles. The van der Waals surface area contributed by atoms with Crippen molar-refractivity contribution in [1.82, 2.24) is 10.6 Å². The van der Waals surface area contributed by atoms with Gasteiger partial charge in [0, 0.05) is 19.5 Å². The van der Waals surface area contributed by atoms with Crippen LogP contribution in [-0.4, -0.2) is 94.6 Å². The van der Waals surface area contributed by atoms with Gasteiger partial charge in [0.15, 0.2) is 0 Å². The topological polar surface area (TPSA) is 142 Å². The number of aliphatic carboxylic acids is 1. The molecular weight excluding hydrogens is 436 g/mol. The number of unbranched alkanes of at least 4 members (excludes halogenated alkanes) is 2. The Bertz CT molecular complexity index is 524. The zero-order valence-electron chi connectivity index (χ0n) is 20.3. The summed E-state index contributed by atoms with van der Waals surface area (Å²) in [6.07, 6.45) is 2.41. The Morgan fingerprint density at radius 3 is 1.76 bits per heavy atom. The average Bonchev–Trinajstić information content (AvgIpc) is 2.71. The average molecular weight is 479 g/mol. The van der Waals surface area contributed by atoms with Crippen molar-refractivity contribution in [2.24, 2.45) is 0 Å². The fraction of sp³-hybridized carbons (Fsp3) is 0.864. The highest BCUT2D eigenvalue weighted by Gasteiger charge is 2.15. The molecule has 33 heavy (non-hydrogen) atoms. The van der Waals surface area contributed by atoms with Gasteiger partial charge >= 0.3 is 12.1 Å². The van der Waals surface area contributed by atoms with Crippen LogP contribution >= 0.6 is 0 Å². The number of amides is 2. The smallest absolute Gasteiger partial charge is 0.407 e. The van der Waals surface area contributed by atoms with Crippen LogP contribution < -0.4 is 10.6 Å². The molecule has 0 aromatic heterocycles. The molecular formula is C22H42N2O9. The number of hydrogen-bond donors (Lipinski definition) is 3. The second-order valence-corrected chi connectivity index (χ2v) is 8.18. The van der Waals surface area contributed by atoms with Gasteiger partial charge in [0.05, 0.1) is 59.3 Å². The van der Waals surface area contributed by atoms with Crippen LogP contribution in [-0.2, 0) is 33.3 Å². The van der Waals surface area contributed by atoms with Gasteiger partial charge in [-0.1, -0.05) is 6.42 Å². The molecule has 0 rings (SSSR count). The van der Waals surface area contributed by atoms with E-state index >= 15 is 0 Å². The molecule has 0 saturated carbocycles. The Labute approximate surface area is 196 Å². The highest BCUT2D eigenvalue weighted by atomic mass is 16.6. The van der Waals surface area contributed by atoms with Gasteiger partial charge in [-0.25, -0.2) is 4.79 Å². The second kappa shape index (κ2) is 20.6. The van der Waals surface area contributed by atoms with E-state index in [1.54, 1.807) is 0 Å². The summed E-state index contributed by atoms with van der Waals surface area (Å²) in [4.78, 5) is 33.5. The maximum absolute atomic E-state index is 11.8.